The standard InChI is InChI=1S/C17H19NO4/c1-3-13-6-4-5-7-14(13)11-22-16-9-18(10-17(20)21)12(2)8-15(16)19/h4-9H,3,10-11H2,1-2H3,(H,20,21). The largest absolute Gasteiger partial charge is 0.483 e. The van der Waals surface area contributed by atoms with E-state index in [4.69, 9.17) is 9.84 Å². The third kappa shape index (κ3) is 3.75. The van der Waals surface area contributed by atoms with Gasteiger partial charge in [0.05, 0.1) is 6.20 Å². The zero-order valence-corrected chi connectivity index (χ0v) is 12.7. The molecule has 0 atom stereocenters. The highest BCUT2D eigenvalue weighted by Crippen LogP contribution is 2.13. The van der Waals surface area contributed by atoms with E-state index in [2.05, 4.69) is 6.92 Å². The minimum atomic E-state index is -0.964. The topological polar surface area (TPSA) is 68.5 Å². The molecule has 1 aromatic carbocycles. The van der Waals surface area contributed by atoms with Crippen LogP contribution in [-0.2, 0) is 24.4 Å². The lowest BCUT2D eigenvalue weighted by Gasteiger charge is -2.13. The predicted octanol–water partition coefficient (Wildman–Crippen LogP) is 2.38. The lowest BCUT2D eigenvalue weighted by molar-refractivity contribution is -0.137. The van der Waals surface area contributed by atoms with Gasteiger partial charge in [0.1, 0.15) is 13.2 Å². The summed E-state index contributed by atoms with van der Waals surface area (Å²) in [6, 6.07) is 9.27. The molecule has 0 unspecified atom stereocenters. The van der Waals surface area contributed by atoms with Crippen LogP contribution in [0.3, 0.4) is 0 Å². The third-order valence-electron chi connectivity index (χ3n) is 3.50. The second kappa shape index (κ2) is 6.93. The lowest BCUT2D eigenvalue weighted by Crippen LogP contribution is -2.17. The maximum absolute atomic E-state index is 12.0. The zero-order valence-electron chi connectivity index (χ0n) is 12.7. The Kier molecular flexibility index (Phi) is 4.99. The Balaban J connectivity index is 2.22. The van der Waals surface area contributed by atoms with Crippen molar-refractivity contribution in [3.63, 3.8) is 0 Å². The molecular weight excluding hydrogens is 282 g/mol. The minimum absolute atomic E-state index is 0.165. The van der Waals surface area contributed by atoms with Crippen LogP contribution >= 0.6 is 0 Å². The van der Waals surface area contributed by atoms with Crippen molar-refractivity contribution < 1.29 is 14.6 Å². The number of nitrogens with zero attached hydrogens (tertiary/aromatic N) is 1. The molecule has 0 amide bonds. The Bertz CT molecular complexity index is 734. The van der Waals surface area contributed by atoms with Crippen LogP contribution in [-0.4, -0.2) is 15.6 Å². The molecule has 1 aromatic heterocycles. The van der Waals surface area contributed by atoms with Gasteiger partial charge in [0.15, 0.2) is 5.75 Å². The smallest absolute Gasteiger partial charge is 0.323 e. The molecule has 5 nitrogen and oxygen atoms in total. The summed E-state index contributed by atoms with van der Waals surface area (Å²) in [6.45, 7) is 3.84. The predicted molar refractivity (Wildman–Crippen MR) is 83.2 cm³/mol. The van der Waals surface area contributed by atoms with Gasteiger partial charge in [-0.25, -0.2) is 0 Å². The molecule has 0 saturated carbocycles. The normalized spacial score (nSPS) is 10.5. The van der Waals surface area contributed by atoms with Crippen LogP contribution in [0.15, 0.2) is 41.3 Å². The number of aryl methyl sites for hydroxylation is 2. The average Bonchev–Trinajstić information content (AvgIpc) is 2.48. The van der Waals surface area contributed by atoms with E-state index in [-0.39, 0.29) is 24.3 Å². The molecule has 22 heavy (non-hydrogen) atoms. The van der Waals surface area contributed by atoms with Gasteiger partial charge in [-0.15, -0.1) is 0 Å². The number of carboxylic acids is 1. The van der Waals surface area contributed by atoms with Gasteiger partial charge >= 0.3 is 5.97 Å². The van der Waals surface area contributed by atoms with Gasteiger partial charge in [0.2, 0.25) is 5.43 Å². The molecular formula is C17H19NO4. The van der Waals surface area contributed by atoms with Gasteiger partial charge in [0, 0.05) is 11.8 Å². The average molecular weight is 301 g/mol. The Labute approximate surface area is 128 Å². The number of carbonyl (C=O) groups is 1. The SMILES string of the molecule is CCc1ccccc1COc1cn(CC(=O)O)c(C)cc1=O. The number of carboxylic acid groups (broad SMARTS) is 1. The molecule has 0 fully saturated rings. The van der Waals surface area contributed by atoms with Crippen molar-refractivity contribution >= 4 is 5.97 Å². The monoisotopic (exact) mass is 301 g/mol. The van der Waals surface area contributed by atoms with Crippen molar-refractivity contribution in [2.24, 2.45) is 0 Å². The number of rotatable bonds is 6. The number of ether oxygens (including phenoxy) is 1. The van der Waals surface area contributed by atoms with Crippen molar-refractivity contribution in [1.29, 1.82) is 0 Å². The van der Waals surface area contributed by atoms with Gasteiger partial charge in [-0.2, -0.15) is 0 Å². The summed E-state index contributed by atoms with van der Waals surface area (Å²) in [7, 11) is 0. The van der Waals surface area contributed by atoms with E-state index in [1.54, 1.807) is 6.92 Å². The van der Waals surface area contributed by atoms with Gasteiger partial charge in [-0.05, 0) is 24.5 Å². The van der Waals surface area contributed by atoms with Crippen molar-refractivity contribution in [2.75, 3.05) is 0 Å². The van der Waals surface area contributed by atoms with Crippen LogP contribution < -0.4 is 10.2 Å². The zero-order chi connectivity index (χ0) is 16.1. The Morgan fingerprint density at radius 2 is 1.95 bits per heavy atom. The van der Waals surface area contributed by atoms with E-state index < -0.39 is 5.97 Å². The van der Waals surface area contributed by atoms with Gasteiger partial charge in [-0.1, -0.05) is 31.2 Å². The maximum Gasteiger partial charge on any atom is 0.323 e. The number of aromatic nitrogens is 1. The number of hydrogen-bond acceptors (Lipinski definition) is 3. The van der Waals surface area contributed by atoms with Crippen molar-refractivity contribution in [1.82, 2.24) is 4.57 Å². The van der Waals surface area contributed by atoms with E-state index >= 15 is 0 Å². The van der Waals surface area contributed by atoms with Gasteiger partial charge in [-0.3, -0.25) is 9.59 Å². The second-order valence-electron chi connectivity index (χ2n) is 5.08. The number of aliphatic carboxylic acids is 1. The van der Waals surface area contributed by atoms with Crippen LogP contribution in [0.5, 0.6) is 5.75 Å². The summed E-state index contributed by atoms with van der Waals surface area (Å²) in [6.07, 6.45) is 2.34. The van der Waals surface area contributed by atoms with Crippen LogP contribution in [0.25, 0.3) is 0 Å². The molecule has 2 rings (SSSR count). The highest BCUT2D eigenvalue weighted by molar-refractivity contribution is 5.66. The fraction of sp³-hybridized carbons (Fsp3) is 0.294. The molecule has 0 aliphatic carbocycles. The fourth-order valence-corrected chi connectivity index (χ4v) is 2.27. The van der Waals surface area contributed by atoms with Crippen molar-refractivity contribution in [2.45, 2.75) is 33.4 Å². The first-order valence-corrected chi connectivity index (χ1v) is 7.13. The fourth-order valence-electron chi connectivity index (χ4n) is 2.27. The van der Waals surface area contributed by atoms with E-state index in [1.165, 1.54) is 22.4 Å². The highest BCUT2D eigenvalue weighted by Gasteiger charge is 2.09. The van der Waals surface area contributed by atoms with Crippen molar-refractivity contribution in [3.8, 4) is 5.75 Å². The Morgan fingerprint density at radius 1 is 1.27 bits per heavy atom. The van der Waals surface area contributed by atoms with Gasteiger partial charge < -0.3 is 14.4 Å². The first-order valence-electron chi connectivity index (χ1n) is 7.13. The van der Waals surface area contributed by atoms with E-state index in [0.717, 1.165) is 12.0 Å². The molecule has 116 valence electrons. The maximum atomic E-state index is 12.0. The quantitative estimate of drug-likeness (QED) is 0.889. The number of pyridine rings is 1. The Morgan fingerprint density at radius 3 is 2.59 bits per heavy atom. The summed E-state index contributed by atoms with van der Waals surface area (Å²) in [5.41, 5.74) is 2.54. The van der Waals surface area contributed by atoms with E-state index in [9.17, 15) is 9.59 Å². The summed E-state index contributed by atoms with van der Waals surface area (Å²) < 4.78 is 7.11. The van der Waals surface area contributed by atoms with Crippen LogP contribution in [0, 0.1) is 6.92 Å². The molecule has 0 aliphatic heterocycles. The van der Waals surface area contributed by atoms with Gasteiger partial charge in [0.25, 0.3) is 0 Å². The number of benzene rings is 1. The molecule has 0 aliphatic rings. The third-order valence-corrected chi connectivity index (χ3v) is 3.50. The highest BCUT2D eigenvalue weighted by atomic mass is 16.5. The number of hydrogen-bond donors (Lipinski definition) is 1. The molecule has 0 saturated heterocycles. The first kappa shape index (κ1) is 15.8. The van der Waals surface area contributed by atoms with Crippen molar-refractivity contribution in [3.05, 3.63) is 63.6 Å². The molecule has 1 N–H and O–H groups in total. The van der Waals surface area contributed by atoms with E-state index in [1.807, 2.05) is 24.3 Å². The summed E-state index contributed by atoms with van der Waals surface area (Å²) >= 11 is 0. The summed E-state index contributed by atoms with van der Waals surface area (Å²) in [5, 5.41) is 8.89. The Hall–Kier alpha value is -2.56. The molecule has 0 radical (unpaired) electrons. The molecule has 0 spiro atoms. The lowest BCUT2D eigenvalue weighted by atomic mass is 10.1. The van der Waals surface area contributed by atoms with Crippen LogP contribution in [0.4, 0.5) is 0 Å². The summed E-state index contributed by atoms with van der Waals surface area (Å²) in [4.78, 5) is 22.8. The van der Waals surface area contributed by atoms with Crippen LogP contribution in [0.1, 0.15) is 23.7 Å². The second-order valence-corrected chi connectivity index (χ2v) is 5.08. The minimum Gasteiger partial charge on any atom is -0.483 e. The molecule has 1 heterocycles. The molecule has 2 aromatic rings. The first-order chi connectivity index (χ1) is 10.5. The summed E-state index contributed by atoms with van der Waals surface area (Å²) in [5.74, 6) is -0.799. The van der Waals surface area contributed by atoms with Crippen LogP contribution in [0.2, 0.25) is 0 Å². The molecule has 5 heteroatoms. The van der Waals surface area contributed by atoms with E-state index in [0.29, 0.717) is 5.69 Å². The molecule has 0 bridgehead atoms.